The van der Waals surface area contributed by atoms with Gasteiger partial charge in [-0.1, -0.05) is 48.5 Å². The third kappa shape index (κ3) is 7.08. The third-order valence-electron chi connectivity index (χ3n) is 5.17. The Morgan fingerprint density at radius 2 is 1.68 bits per heavy atom. The molecule has 12 heteroatoms. The second-order valence-corrected chi connectivity index (χ2v) is 9.56. The summed E-state index contributed by atoms with van der Waals surface area (Å²) in [6, 6.07) is 17.5. The van der Waals surface area contributed by atoms with Gasteiger partial charge in [0.2, 0.25) is 10.0 Å². The number of nitrogens with zero attached hydrogens (tertiary/aromatic N) is 2. The molecule has 0 aliphatic heterocycles. The van der Waals surface area contributed by atoms with Gasteiger partial charge >= 0.3 is 6.18 Å². The van der Waals surface area contributed by atoms with Crippen molar-refractivity contribution in [2.24, 2.45) is 5.10 Å². The van der Waals surface area contributed by atoms with Crippen LogP contribution < -0.4 is 14.9 Å². The summed E-state index contributed by atoms with van der Waals surface area (Å²) in [7, 11) is -1.62. The predicted molar refractivity (Wildman–Crippen MR) is 131 cm³/mol. The molecule has 3 aromatic rings. The Labute approximate surface area is 212 Å². The largest absolute Gasteiger partial charge is 0.497 e. The molecular weight excluding hydrogens is 511 g/mol. The number of carbonyl (C=O) groups excluding carboxylic acids is 1. The van der Waals surface area contributed by atoms with E-state index in [-0.39, 0.29) is 28.5 Å². The quantitative estimate of drug-likeness (QED) is 0.312. The van der Waals surface area contributed by atoms with Crippen LogP contribution in [0, 0.1) is 0 Å². The van der Waals surface area contributed by atoms with Gasteiger partial charge in [-0.3, -0.25) is 4.79 Å². The number of halogens is 3. The van der Waals surface area contributed by atoms with E-state index in [1.54, 1.807) is 30.3 Å². The van der Waals surface area contributed by atoms with Crippen molar-refractivity contribution < 1.29 is 35.9 Å². The first-order valence-electron chi connectivity index (χ1n) is 10.8. The normalized spacial score (nSPS) is 12.1. The highest BCUT2D eigenvalue weighted by molar-refractivity contribution is 7.89. The average molecular weight is 536 g/mol. The maximum absolute atomic E-state index is 13.6. The SMILES string of the molecule is COc1ccc(OC)c(S(=O)(=O)N(CC(=O)N/N=C/c2ccccc2C(F)(F)F)Cc2ccccc2)c1. The third-order valence-corrected chi connectivity index (χ3v) is 6.98. The molecule has 1 amide bonds. The lowest BCUT2D eigenvalue weighted by Gasteiger charge is -2.23. The first-order valence-corrected chi connectivity index (χ1v) is 12.2. The number of hydrogen-bond donors (Lipinski definition) is 1. The van der Waals surface area contributed by atoms with Crippen LogP contribution >= 0.6 is 0 Å². The molecule has 37 heavy (non-hydrogen) atoms. The minimum atomic E-state index is -4.61. The molecule has 0 radical (unpaired) electrons. The molecule has 0 heterocycles. The lowest BCUT2D eigenvalue weighted by molar-refractivity contribution is -0.137. The fourth-order valence-electron chi connectivity index (χ4n) is 3.37. The maximum atomic E-state index is 13.6. The summed E-state index contributed by atoms with van der Waals surface area (Å²) in [5, 5.41) is 3.60. The minimum absolute atomic E-state index is 0.0426. The number of methoxy groups -OCH3 is 2. The fourth-order valence-corrected chi connectivity index (χ4v) is 4.93. The summed E-state index contributed by atoms with van der Waals surface area (Å²) in [5.41, 5.74) is 1.52. The first kappa shape index (κ1) is 27.7. The van der Waals surface area contributed by atoms with Crippen molar-refractivity contribution >= 4 is 22.1 Å². The van der Waals surface area contributed by atoms with Crippen LogP contribution in [0.5, 0.6) is 11.5 Å². The Bertz CT molecular complexity index is 1360. The smallest absolute Gasteiger partial charge is 0.417 e. The van der Waals surface area contributed by atoms with E-state index in [2.05, 4.69) is 10.5 Å². The van der Waals surface area contributed by atoms with Gasteiger partial charge in [-0.25, -0.2) is 13.8 Å². The summed E-state index contributed by atoms with van der Waals surface area (Å²) >= 11 is 0. The molecule has 0 aromatic heterocycles. The summed E-state index contributed by atoms with van der Waals surface area (Å²) in [5.74, 6) is -0.556. The number of hydrogen-bond acceptors (Lipinski definition) is 6. The van der Waals surface area contributed by atoms with Crippen LogP contribution in [0.2, 0.25) is 0 Å². The van der Waals surface area contributed by atoms with E-state index in [0.29, 0.717) is 5.56 Å². The van der Waals surface area contributed by atoms with E-state index >= 15 is 0 Å². The van der Waals surface area contributed by atoms with Gasteiger partial charge in [-0.05, 0) is 23.8 Å². The zero-order valence-corrected chi connectivity index (χ0v) is 20.7. The minimum Gasteiger partial charge on any atom is -0.497 e. The van der Waals surface area contributed by atoms with Crippen molar-refractivity contribution in [3.63, 3.8) is 0 Å². The number of nitrogens with one attached hydrogen (secondary N) is 1. The molecule has 0 unspecified atom stereocenters. The number of sulfonamides is 1. The number of ether oxygens (including phenoxy) is 2. The molecule has 1 N–H and O–H groups in total. The lowest BCUT2D eigenvalue weighted by atomic mass is 10.1. The van der Waals surface area contributed by atoms with E-state index in [4.69, 9.17) is 9.47 Å². The van der Waals surface area contributed by atoms with Crippen LogP contribution in [0.15, 0.2) is 82.8 Å². The van der Waals surface area contributed by atoms with Gasteiger partial charge in [-0.15, -0.1) is 0 Å². The Morgan fingerprint density at radius 1 is 1.00 bits per heavy atom. The van der Waals surface area contributed by atoms with Crippen molar-refractivity contribution in [2.75, 3.05) is 20.8 Å². The summed E-state index contributed by atoms with van der Waals surface area (Å²) < 4.78 is 78.0. The van der Waals surface area contributed by atoms with Crippen LogP contribution in [0.25, 0.3) is 0 Å². The average Bonchev–Trinajstić information content (AvgIpc) is 2.88. The Morgan fingerprint density at radius 3 is 2.32 bits per heavy atom. The predicted octanol–water partition coefficient (Wildman–Crippen LogP) is 4.06. The van der Waals surface area contributed by atoms with Gasteiger partial charge < -0.3 is 9.47 Å². The van der Waals surface area contributed by atoms with E-state index in [9.17, 15) is 26.4 Å². The number of carbonyl (C=O) groups is 1. The molecule has 0 saturated heterocycles. The van der Waals surface area contributed by atoms with Crippen LogP contribution in [0.3, 0.4) is 0 Å². The first-order chi connectivity index (χ1) is 17.6. The van der Waals surface area contributed by atoms with E-state index in [1.165, 1.54) is 50.6 Å². The van der Waals surface area contributed by atoms with Crippen LogP contribution in [0.1, 0.15) is 16.7 Å². The van der Waals surface area contributed by atoms with E-state index in [0.717, 1.165) is 16.6 Å². The molecule has 0 aliphatic rings. The van der Waals surface area contributed by atoms with E-state index in [1.807, 2.05) is 0 Å². The van der Waals surface area contributed by atoms with Crippen molar-refractivity contribution in [3.8, 4) is 11.5 Å². The van der Waals surface area contributed by atoms with Gasteiger partial charge in [0.05, 0.1) is 32.5 Å². The van der Waals surface area contributed by atoms with Crippen molar-refractivity contribution in [1.29, 1.82) is 0 Å². The molecule has 0 atom stereocenters. The number of alkyl halides is 3. The van der Waals surface area contributed by atoms with Crippen molar-refractivity contribution in [1.82, 2.24) is 9.73 Å². The second kappa shape index (κ2) is 11.9. The highest BCUT2D eigenvalue weighted by Crippen LogP contribution is 2.32. The molecule has 0 aliphatic carbocycles. The highest BCUT2D eigenvalue weighted by atomic mass is 32.2. The molecule has 8 nitrogen and oxygen atoms in total. The van der Waals surface area contributed by atoms with Crippen molar-refractivity contribution in [2.45, 2.75) is 17.6 Å². The van der Waals surface area contributed by atoms with Crippen molar-refractivity contribution in [3.05, 3.63) is 89.5 Å². The zero-order valence-electron chi connectivity index (χ0n) is 19.9. The van der Waals surface area contributed by atoms with Gasteiger partial charge in [0, 0.05) is 18.2 Å². The van der Waals surface area contributed by atoms with Crippen LogP contribution in [0.4, 0.5) is 13.2 Å². The molecule has 0 spiro atoms. The number of benzene rings is 3. The summed E-state index contributed by atoms with van der Waals surface area (Å²) in [6.07, 6.45) is -3.76. The standard InChI is InChI=1S/C25H24F3N3O5S/c1-35-20-12-13-22(36-2)23(14-20)37(33,34)31(16-18-8-4-3-5-9-18)17-24(32)30-29-15-19-10-6-7-11-21(19)25(26,27)28/h3-15H,16-17H2,1-2H3,(H,30,32)/b29-15+. The molecule has 3 rings (SSSR count). The topological polar surface area (TPSA) is 97.3 Å². The summed E-state index contributed by atoms with van der Waals surface area (Å²) in [6.45, 7) is -0.840. The molecule has 0 fully saturated rings. The molecule has 196 valence electrons. The summed E-state index contributed by atoms with van der Waals surface area (Å²) in [4.78, 5) is 12.4. The zero-order chi connectivity index (χ0) is 27.1. The number of rotatable bonds is 10. The van der Waals surface area contributed by atoms with Gasteiger partial charge in [0.15, 0.2) is 0 Å². The monoisotopic (exact) mass is 535 g/mol. The van der Waals surface area contributed by atoms with Crippen LogP contribution in [-0.4, -0.2) is 45.6 Å². The Balaban J connectivity index is 1.88. The second-order valence-electron chi connectivity index (χ2n) is 7.65. The molecule has 0 bridgehead atoms. The highest BCUT2D eigenvalue weighted by Gasteiger charge is 2.33. The molecule has 3 aromatic carbocycles. The Kier molecular flexibility index (Phi) is 8.90. The van der Waals surface area contributed by atoms with E-state index < -0.39 is 34.2 Å². The van der Waals surface area contributed by atoms with Crippen LogP contribution in [-0.2, 0) is 27.5 Å². The lowest BCUT2D eigenvalue weighted by Crippen LogP contribution is -2.39. The van der Waals surface area contributed by atoms with Gasteiger partial charge in [-0.2, -0.15) is 22.6 Å². The Hall–Kier alpha value is -3.90. The molecular formula is C25H24F3N3O5S. The molecule has 0 saturated carbocycles. The van der Waals surface area contributed by atoms with Gasteiger partial charge in [0.25, 0.3) is 5.91 Å². The fraction of sp³-hybridized carbons (Fsp3) is 0.200. The van der Waals surface area contributed by atoms with Gasteiger partial charge in [0.1, 0.15) is 16.4 Å². The number of hydrazone groups is 1. The maximum Gasteiger partial charge on any atom is 0.417 e. The number of amides is 1.